The summed E-state index contributed by atoms with van der Waals surface area (Å²) >= 11 is 0. The van der Waals surface area contributed by atoms with Gasteiger partial charge in [-0.25, -0.2) is 9.97 Å². The number of nitrogens with zero attached hydrogens (tertiary/aromatic N) is 3. The second-order valence-electron chi connectivity index (χ2n) is 12.6. The molecule has 0 amide bonds. The molecule has 3 heterocycles. The third kappa shape index (κ3) is 4.61. The predicted octanol–water partition coefficient (Wildman–Crippen LogP) is 12.1. The second kappa shape index (κ2) is 11.4. The van der Waals surface area contributed by atoms with Crippen molar-refractivity contribution in [3.63, 3.8) is 0 Å². The first-order chi connectivity index (χ1) is 24.8. The van der Waals surface area contributed by atoms with Gasteiger partial charge < -0.3 is 8.98 Å². The van der Waals surface area contributed by atoms with Gasteiger partial charge in [0.25, 0.3) is 0 Å². The lowest BCUT2D eigenvalue weighted by atomic mass is 9.97. The topological polar surface area (TPSA) is 43.9 Å². The quantitative estimate of drug-likeness (QED) is 0.188. The van der Waals surface area contributed by atoms with Crippen LogP contribution in [-0.4, -0.2) is 14.5 Å². The van der Waals surface area contributed by atoms with E-state index < -0.39 is 0 Å². The van der Waals surface area contributed by atoms with Gasteiger partial charge in [0.15, 0.2) is 11.4 Å². The Morgan fingerprint density at radius 2 is 1.00 bits per heavy atom. The Kier molecular flexibility index (Phi) is 6.46. The van der Waals surface area contributed by atoms with Crippen LogP contribution in [0.25, 0.3) is 94.5 Å². The summed E-state index contributed by atoms with van der Waals surface area (Å²) in [6.07, 6.45) is 0. The number of aromatic nitrogens is 3. The number of hydrogen-bond acceptors (Lipinski definition) is 3. The summed E-state index contributed by atoms with van der Waals surface area (Å²) in [7, 11) is 0. The molecule has 0 fully saturated rings. The molecule has 50 heavy (non-hydrogen) atoms. The van der Waals surface area contributed by atoms with Crippen molar-refractivity contribution in [2.75, 3.05) is 0 Å². The molecule has 0 unspecified atom stereocenters. The zero-order valence-corrected chi connectivity index (χ0v) is 27.0. The van der Waals surface area contributed by atoms with E-state index in [2.05, 4.69) is 132 Å². The van der Waals surface area contributed by atoms with Crippen LogP contribution in [0, 0.1) is 0 Å². The highest BCUT2D eigenvalue weighted by molar-refractivity contribution is 6.11. The molecule has 0 bridgehead atoms. The maximum absolute atomic E-state index is 6.61. The molecule has 4 heteroatoms. The Morgan fingerprint density at radius 3 is 1.78 bits per heavy atom. The van der Waals surface area contributed by atoms with Gasteiger partial charge in [0.1, 0.15) is 16.8 Å². The SMILES string of the molecule is c1ccc(-c2nc(-c3ccccc3)c3oc4cc(-c5cccc(-c6ccc7c(c6)c6ccccc6n7-c6ccccc6)c5)ccc4c3n2)cc1. The van der Waals surface area contributed by atoms with E-state index in [0.717, 1.165) is 55.7 Å². The smallest absolute Gasteiger partial charge is 0.180 e. The minimum Gasteiger partial charge on any atom is -0.452 e. The maximum atomic E-state index is 6.61. The monoisotopic (exact) mass is 639 g/mol. The minimum absolute atomic E-state index is 0.681. The molecule has 0 aliphatic rings. The van der Waals surface area contributed by atoms with Gasteiger partial charge in [-0.15, -0.1) is 0 Å². The summed E-state index contributed by atoms with van der Waals surface area (Å²) in [6, 6.07) is 61.5. The van der Waals surface area contributed by atoms with Gasteiger partial charge in [-0.3, -0.25) is 0 Å². The molecule has 0 spiro atoms. The van der Waals surface area contributed by atoms with E-state index in [4.69, 9.17) is 14.4 Å². The predicted molar refractivity (Wildman–Crippen MR) is 205 cm³/mol. The van der Waals surface area contributed by atoms with E-state index in [0.29, 0.717) is 11.4 Å². The summed E-state index contributed by atoms with van der Waals surface area (Å²) < 4.78 is 8.96. The molecule has 4 nitrogen and oxygen atoms in total. The molecule has 7 aromatic carbocycles. The van der Waals surface area contributed by atoms with Crippen LogP contribution in [0.2, 0.25) is 0 Å². The van der Waals surface area contributed by atoms with Crippen molar-refractivity contribution in [3.8, 4) is 50.6 Å². The summed E-state index contributed by atoms with van der Waals surface area (Å²) in [5.41, 5.74) is 13.2. The molecule has 234 valence electrons. The van der Waals surface area contributed by atoms with Crippen LogP contribution >= 0.6 is 0 Å². The molecular weight excluding hydrogens is 611 g/mol. The number of fused-ring (bicyclic) bond motifs is 6. The third-order valence-corrected chi connectivity index (χ3v) is 9.61. The van der Waals surface area contributed by atoms with E-state index >= 15 is 0 Å². The largest absolute Gasteiger partial charge is 0.452 e. The molecule has 0 saturated carbocycles. The molecule has 0 aliphatic carbocycles. The van der Waals surface area contributed by atoms with Crippen molar-refractivity contribution in [1.82, 2.24) is 14.5 Å². The van der Waals surface area contributed by atoms with E-state index in [-0.39, 0.29) is 0 Å². The first-order valence-electron chi connectivity index (χ1n) is 16.8. The van der Waals surface area contributed by atoms with Crippen LogP contribution in [0.15, 0.2) is 180 Å². The van der Waals surface area contributed by atoms with Gasteiger partial charge in [0.05, 0.1) is 11.0 Å². The average molecular weight is 640 g/mol. The Morgan fingerprint density at radius 1 is 0.400 bits per heavy atom. The number of benzene rings is 7. The second-order valence-corrected chi connectivity index (χ2v) is 12.6. The molecule has 0 N–H and O–H groups in total. The third-order valence-electron chi connectivity index (χ3n) is 9.61. The first kappa shape index (κ1) is 28.3. The standard InChI is InChI=1S/C46H29N3O/c1-4-13-30(14-5-1)43-45-44(48-46(47-43)31-15-6-2-7-16-31)38-25-23-35(29-42(38)50-45)33-18-12-17-32(27-33)34-24-26-41-39(28-34)37-21-10-11-22-40(37)49(41)36-19-8-3-9-20-36/h1-29H. The summed E-state index contributed by atoms with van der Waals surface area (Å²) in [5, 5.41) is 3.45. The van der Waals surface area contributed by atoms with Crippen molar-refractivity contribution in [3.05, 3.63) is 176 Å². The Hall–Kier alpha value is -6.78. The van der Waals surface area contributed by atoms with Gasteiger partial charge >= 0.3 is 0 Å². The molecule has 10 aromatic rings. The van der Waals surface area contributed by atoms with Crippen LogP contribution in [0.4, 0.5) is 0 Å². The molecule has 0 saturated heterocycles. The van der Waals surface area contributed by atoms with Crippen molar-refractivity contribution in [1.29, 1.82) is 0 Å². The highest BCUT2D eigenvalue weighted by atomic mass is 16.3. The molecule has 3 aromatic heterocycles. The van der Waals surface area contributed by atoms with Gasteiger partial charge in [-0.05, 0) is 70.8 Å². The number of rotatable bonds is 5. The fourth-order valence-corrected chi connectivity index (χ4v) is 7.22. The zero-order valence-electron chi connectivity index (χ0n) is 27.0. The summed E-state index contributed by atoms with van der Waals surface area (Å²) in [5.74, 6) is 0.681. The van der Waals surface area contributed by atoms with Gasteiger partial charge in [0, 0.05) is 33.0 Å². The maximum Gasteiger partial charge on any atom is 0.180 e. The molecule has 0 atom stereocenters. The molecule has 10 rings (SSSR count). The minimum atomic E-state index is 0.681. The van der Waals surface area contributed by atoms with Gasteiger partial charge in [0.2, 0.25) is 0 Å². The average Bonchev–Trinajstić information content (AvgIpc) is 3.73. The molecule has 0 aliphatic heterocycles. The zero-order chi connectivity index (χ0) is 33.0. The van der Waals surface area contributed by atoms with E-state index in [1.54, 1.807) is 0 Å². The highest BCUT2D eigenvalue weighted by Gasteiger charge is 2.19. The Labute approximate surface area is 288 Å². The molecule has 0 radical (unpaired) electrons. The van der Waals surface area contributed by atoms with Crippen LogP contribution in [-0.2, 0) is 0 Å². The summed E-state index contributed by atoms with van der Waals surface area (Å²) in [6.45, 7) is 0. The van der Waals surface area contributed by atoms with Crippen LogP contribution in [0.5, 0.6) is 0 Å². The number of para-hydroxylation sites is 2. The van der Waals surface area contributed by atoms with Crippen molar-refractivity contribution in [2.24, 2.45) is 0 Å². The summed E-state index contributed by atoms with van der Waals surface area (Å²) in [4.78, 5) is 10.1. The normalized spacial score (nSPS) is 11.6. The fraction of sp³-hybridized carbons (Fsp3) is 0. The van der Waals surface area contributed by atoms with Crippen LogP contribution in [0.3, 0.4) is 0 Å². The highest BCUT2D eigenvalue weighted by Crippen LogP contribution is 2.39. The van der Waals surface area contributed by atoms with Crippen molar-refractivity contribution in [2.45, 2.75) is 0 Å². The lowest BCUT2D eigenvalue weighted by Crippen LogP contribution is -1.93. The van der Waals surface area contributed by atoms with Crippen LogP contribution in [0.1, 0.15) is 0 Å². The van der Waals surface area contributed by atoms with Gasteiger partial charge in [-0.1, -0.05) is 127 Å². The number of furan rings is 1. The van der Waals surface area contributed by atoms with Gasteiger partial charge in [-0.2, -0.15) is 0 Å². The lowest BCUT2D eigenvalue weighted by Gasteiger charge is -2.09. The fourth-order valence-electron chi connectivity index (χ4n) is 7.22. The van der Waals surface area contributed by atoms with Crippen LogP contribution < -0.4 is 0 Å². The Balaban J connectivity index is 1.09. The number of hydrogen-bond donors (Lipinski definition) is 0. The van der Waals surface area contributed by atoms with E-state index in [9.17, 15) is 0 Å². The molecular formula is C46H29N3O. The lowest BCUT2D eigenvalue weighted by molar-refractivity contribution is 0.667. The first-order valence-corrected chi connectivity index (χ1v) is 16.8. The van der Waals surface area contributed by atoms with Crippen molar-refractivity contribution >= 4 is 43.9 Å². The van der Waals surface area contributed by atoms with E-state index in [1.165, 1.54) is 27.4 Å². The van der Waals surface area contributed by atoms with E-state index in [1.807, 2.05) is 48.5 Å². The Bertz CT molecular complexity index is 2850. The van der Waals surface area contributed by atoms with Crippen molar-refractivity contribution < 1.29 is 4.42 Å².